The first-order valence-electron chi connectivity index (χ1n) is 11.0. The van der Waals surface area contributed by atoms with Crippen molar-refractivity contribution in [2.45, 2.75) is 64.3 Å². The highest BCUT2D eigenvalue weighted by molar-refractivity contribution is 5.91. The standard InChI is InChI=1S/C23H32N6O4/c1-14(20(30)25-12-17-11-19(24)28-27-17)26-21(31)18-10-16(15-8-6-5-7-9-15)13-29(18)22(32)33-23(2,3)4/h5-9,11,14,16,18H,10,12-13H2,1-4H3,(H,25,30)(H,26,31)(H3,24,27,28). The van der Waals surface area contributed by atoms with E-state index in [1.54, 1.807) is 33.8 Å². The van der Waals surface area contributed by atoms with E-state index < -0.39 is 29.7 Å². The smallest absolute Gasteiger partial charge is 0.410 e. The lowest BCUT2D eigenvalue weighted by atomic mass is 9.96. The van der Waals surface area contributed by atoms with E-state index in [1.165, 1.54) is 4.90 Å². The number of carbonyl (C=O) groups excluding carboxylic acids is 3. The zero-order valence-corrected chi connectivity index (χ0v) is 19.4. The molecule has 2 heterocycles. The van der Waals surface area contributed by atoms with Crippen LogP contribution in [0.1, 0.15) is 51.3 Å². The molecule has 3 rings (SSSR count). The van der Waals surface area contributed by atoms with E-state index in [2.05, 4.69) is 20.8 Å². The average molecular weight is 457 g/mol. The van der Waals surface area contributed by atoms with Crippen molar-refractivity contribution >= 4 is 23.7 Å². The van der Waals surface area contributed by atoms with Crippen molar-refractivity contribution in [2.75, 3.05) is 12.3 Å². The number of nitrogens with zero attached hydrogens (tertiary/aromatic N) is 2. The fourth-order valence-corrected chi connectivity index (χ4v) is 3.75. The lowest BCUT2D eigenvalue weighted by Crippen LogP contribution is -2.52. The average Bonchev–Trinajstić information content (AvgIpc) is 3.38. The monoisotopic (exact) mass is 456 g/mol. The number of ether oxygens (including phenoxy) is 1. The fraction of sp³-hybridized carbons (Fsp3) is 0.478. The summed E-state index contributed by atoms with van der Waals surface area (Å²) in [5, 5.41) is 12.0. The van der Waals surface area contributed by atoms with Crippen LogP contribution < -0.4 is 16.4 Å². The van der Waals surface area contributed by atoms with Gasteiger partial charge < -0.3 is 21.1 Å². The minimum atomic E-state index is -0.797. The molecule has 0 radical (unpaired) electrons. The highest BCUT2D eigenvalue weighted by atomic mass is 16.6. The molecule has 1 aromatic carbocycles. The van der Waals surface area contributed by atoms with Crippen molar-refractivity contribution in [2.24, 2.45) is 0 Å². The third-order valence-electron chi connectivity index (χ3n) is 5.36. The summed E-state index contributed by atoms with van der Waals surface area (Å²) in [7, 11) is 0. The predicted molar refractivity (Wildman–Crippen MR) is 123 cm³/mol. The van der Waals surface area contributed by atoms with Crippen molar-refractivity contribution in [3.8, 4) is 0 Å². The van der Waals surface area contributed by atoms with Crippen LogP contribution >= 0.6 is 0 Å². The first kappa shape index (κ1) is 24.1. The number of rotatable bonds is 6. The number of aromatic amines is 1. The Morgan fingerprint density at radius 1 is 1.27 bits per heavy atom. The maximum atomic E-state index is 13.1. The molecule has 0 aliphatic carbocycles. The number of benzene rings is 1. The molecule has 5 N–H and O–H groups in total. The summed E-state index contributed by atoms with van der Waals surface area (Å²) in [4.78, 5) is 39.9. The molecule has 178 valence electrons. The number of nitrogens with two attached hydrogens (primary N) is 1. The van der Waals surface area contributed by atoms with E-state index in [0.29, 0.717) is 24.5 Å². The third-order valence-corrected chi connectivity index (χ3v) is 5.36. The summed E-state index contributed by atoms with van der Waals surface area (Å²) in [6.07, 6.45) is -0.105. The number of anilines is 1. The molecule has 3 amide bonds. The van der Waals surface area contributed by atoms with E-state index >= 15 is 0 Å². The molecule has 33 heavy (non-hydrogen) atoms. The molecule has 1 saturated heterocycles. The highest BCUT2D eigenvalue weighted by Gasteiger charge is 2.42. The largest absolute Gasteiger partial charge is 0.444 e. The second-order valence-electron chi connectivity index (χ2n) is 9.26. The van der Waals surface area contributed by atoms with Gasteiger partial charge in [0, 0.05) is 18.5 Å². The Morgan fingerprint density at radius 2 is 1.97 bits per heavy atom. The van der Waals surface area contributed by atoms with Gasteiger partial charge >= 0.3 is 6.09 Å². The summed E-state index contributed by atoms with van der Waals surface area (Å²) < 4.78 is 5.54. The van der Waals surface area contributed by atoms with Crippen LogP contribution in [0.2, 0.25) is 0 Å². The summed E-state index contributed by atoms with van der Waals surface area (Å²) in [6.45, 7) is 7.50. The molecule has 10 heteroatoms. The maximum Gasteiger partial charge on any atom is 0.410 e. The van der Waals surface area contributed by atoms with Crippen molar-refractivity contribution in [3.63, 3.8) is 0 Å². The number of amides is 3. The summed E-state index contributed by atoms with van der Waals surface area (Å²) in [5.41, 5.74) is 6.56. The van der Waals surface area contributed by atoms with Gasteiger partial charge in [0.25, 0.3) is 0 Å². The molecule has 1 aromatic heterocycles. The van der Waals surface area contributed by atoms with Crippen LogP contribution in [0.5, 0.6) is 0 Å². The van der Waals surface area contributed by atoms with Crippen LogP contribution in [-0.2, 0) is 20.9 Å². The first-order valence-corrected chi connectivity index (χ1v) is 11.0. The normalized spacial score (nSPS) is 19.1. The molecule has 10 nitrogen and oxygen atoms in total. The molecule has 2 aromatic rings. The maximum absolute atomic E-state index is 13.1. The quantitative estimate of drug-likeness (QED) is 0.523. The molecular formula is C23H32N6O4. The van der Waals surface area contributed by atoms with Crippen LogP contribution in [0.4, 0.5) is 10.6 Å². The van der Waals surface area contributed by atoms with Gasteiger partial charge in [-0.1, -0.05) is 30.3 Å². The number of carbonyl (C=O) groups is 3. The topological polar surface area (TPSA) is 142 Å². The predicted octanol–water partition coefficient (Wildman–Crippen LogP) is 1.91. The molecule has 3 unspecified atom stereocenters. The third kappa shape index (κ3) is 6.47. The Hall–Kier alpha value is -3.56. The number of hydrogen-bond acceptors (Lipinski definition) is 6. The molecule has 0 spiro atoms. The lowest BCUT2D eigenvalue weighted by molar-refractivity contribution is -0.131. The van der Waals surface area contributed by atoms with E-state index in [9.17, 15) is 14.4 Å². The Kier molecular flexibility index (Phi) is 7.25. The Bertz CT molecular complexity index is 984. The first-order chi connectivity index (χ1) is 15.5. The Morgan fingerprint density at radius 3 is 2.58 bits per heavy atom. The van der Waals surface area contributed by atoms with Gasteiger partial charge in [0.1, 0.15) is 23.5 Å². The van der Waals surface area contributed by atoms with Gasteiger partial charge in [0.2, 0.25) is 11.8 Å². The summed E-state index contributed by atoms with van der Waals surface area (Å²) >= 11 is 0. The van der Waals surface area contributed by atoms with Crippen LogP contribution in [0.15, 0.2) is 36.4 Å². The molecule has 3 atom stereocenters. The zero-order chi connectivity index (χ0) is 24.2. The van der Waals surface area contributed by atoms with Gasteiger partial charge in [-0.05, 0) is 39.7 Å². The number of nitrogens with one attached hydrogen (secondary N) is 3. The number of aromatic nitrogens is 2. The fourth-order valence-electron chi connectivity index (χ4n) is 3.75. The van der Waals surface area contributed by atoms with E-state index in [-0.39, 0.29) is 18.4 Å². The Labute approximate surface area is 193 Å². The van der Waals surface area contributed by atoms with Gasteiger partial charge in [-0.15, -0.1) is 0 Å². The number of nitrogen functional groups attached to an aromatic ring is 1. The molecule has 1 aliphatic rings. The van der Waals surface area contributed by atoms with Crippen molar-refractivity contribution < 1.29 is 19.1 Å². The second-order valence-corrected chi connectivity index (χ2v) is 9.26. The summed E-state index contributed by atoms with van der Waals surface area (Å²) in [5.74, 6) is -0.438. The van der Waals surface area contributed by atoms with Crippen LogP contribution in [0.3, 0.4) is 0 Å². The second kappa shape index (κ2) is 9.93. The highest BCUT2D eigenvalue weighted by Crippen LogP contribution is 2.33. The van der Waals surface area contributed by atoms with Crippen LogP contribution in [0.25, 0.3) is 0 Å². The van der Waals surface area contributed by atoms with Gasteiger partial charge in [-0.2, -0.15) is 5.10 Å². The molecule has 1 aliphatic heterocycles. The van der Waals surface area contributed by atoms with Gasteiger partial charge in [0.15, 0.2) is 0 Å². The van der Waals surface area contributed by atoms with E-state index in [4.69, 9.17) is 10.5 Å². The van der Waals surface area contributed by atoms with Crippen molar-refractivity contribution in [3.05, 3.63) is 47.7 Å². The minimum absolute atomic E-state index is 0.00978. The molecular weight excluding hydrogens is 424 g/mol. The summed E-state index contributed by atoms with van der Waals surface area (Å²) in [6, 6.07) is 9.83. The minimum Gasteiger partial charge on any atom is -0.444 e. The van der Waals surface area contributed by atoms with Crippen LogP contribution in [-0.4, -0.2) is 57.2 Å². The van der Waals surface area contributed by atoms with Gasteiger partial charge in [0.05, 0.1) is 12.2 Å². The van der Waals surface area contributed by atoms with Crippen molar-refractivity contribution in [1.82, 2.24) is 25.7 Å². The zero-order valence-electron chi connectivity index (χ0n) is 19.4. The van der Waals surface area contributed by atoms with Gasteiger partial charge in [-0.25, -0.2) is 4.79 Å². The molecule has 0 saturated carbocycles. The van der Waals surface area contributed by atoms with E-state index in [1.807, 2.05) is 30.3 Å². The van der Waals surface area contributed by atoms with E-state index in [0.717, 1.165) is 5.56 Å². The number of H-pyrrole nitrogens is 1. The Balaban J connectivity index is 1.66. The SMILES string of the molecule is CC(NC(=O)C1CC(c2ccccc2)CN1C(=O)OC(C)(C)C)C(=O)NCc1cc(N)n[nH]1. The number of likely N-dealkylation sites (tertiary alicyclic amines) is 1. The van der Waals surface area contributed by atoms with Crippen molar-refractivity contribution in [1.29, 1.82) is 0 Å². The number of hydrogen-bond donors (Lipinski definition) is 4. The van der Waals surface area contributed by atoms with Crippen LogP contribution in [0, 0.1) is 0 Å². The molecule has 0 bridgehead atoms. The van der Waals surface area contributed by atoms with Gasteiger partial charge in [-0.3, -0.25) is 19.6 Å². The molecule has 1 fully saturated rings. The lowest BCUT2D eigenvalue weighted by Gasteiger charge is -2.28.